The second-order valence-corrected chi connectivity index (χ2v) is 5.59. The minimum atomic E-state index is -4.31. The summed E-state index contributed by atoms with van der Waals surface area (Å²) in [4.78, 5) is 12.1. The molecule has 0 atom stereocenters. The minimum Gasteiger partial charge on any atom is -0.277 e. The Morgan fingerprint density at radius 2 is 1.94 bits per heavy atom. The standard InChI is InChI=1S/C10H10F2N2O3S/c11-7-3-4-8(12)9(5-7)18(16,17)14-13-10(15)6-1-2-6/h3-6,14H,1-2H2,(H,13,15). The van der Waals surface area contributed by atoms with Gasteiger partial charge >= 0.3 is 0 Å². The number of halogens is 2. The molecule has 0 aromatic heterocycles. The number of hydrogen-bond donors (Lipinski definition) is 2. The van der Waals surface area contributed by atoms with E-state index in [1.807, 2.05) is 5.43 Å². The van der Waals surface area contributed by atoms with Gasteiger partial charge in [-0.3, -0.25) is 10.2 Å². The lowest BCUT2D eigenvalue weighted by molar-refractivity contribution is -0.122. The molecule has 1 saturated carbocycles. The van der Waals surface area contributed by atoms with Gasteiger partial charge in [-0.25, -0.2) is 17.2 Å². The molecule has 0 unspecified atom stereocenters. The van der Waals surface area contributed by atoms with Crippen LogP contribution in [-0.2, 0) is 14.8 Å². The van der Waals surface area contributed by atoms with E-state index in [1.165, 1.54) is 0 Å². The maximum atomic E-state index is 13.3. The van der Waals surface area contributed by atoms with Gasteiger partial charge in [0.1, 0.15) is 16.5 Å². The van der Waals surface area contributed by atoms with Crippen molar-refractivity contribution in [3.63, 3.8) is 0 Å². The minimum absolute atomic E-state index is 0.204. The largest absolute Gasteiger partial charge is 0.277 e. The van der Waals surface area contributed by atoms with Crippen molar-refractivity contribution in [2.24, 2.45) is 5.92 Å². The highest BCUT2D eigenvalue weighted by Gasteiger charge is 2.30. The van der Waals surface area contributed by atoms with Crippen molar-refractivity contribution in [3.8, 4) is 0 Å². The molecule has 0 saturated heterocycles. The van der Waals surface area contributed by atoms with Gasteiger partial charge < -0.3 is 0 Å². The van der Waals surface area contributed by atoms with Crippen LogP contribution in [0.25, 0.3) is 0 Å². The molecular formula is C10H10F2N2O3S. The van der Waals surface area contributed by atoms with Crippen molar-refractivity contribution < 1.29 is 22.0 Å². The number of rotatable bonds is 4. The molecule has 2 N–H and O–H groups in total. The van der Waals surface area contributed by atoms with Gasteiger partial charge in [-0.15, -0.1) is 4.83 Å². The quantitative estimate of drug-likeness (QED) is 0.794. The third kappa shape index (κ3) is 2.82. The molecule has 1 aromatic carbocycles. The number of carbonyl (C=O) groups is 1. The van der Waals surface area contributed by atoms with Crippen LogP contribution < -0.4 is 10.3 Å². The van der Waals surface area contributed by atoms with Crippen LogP contribution in [-0.4, -0.2) is 14.3 Å². The molecule has 8 heteroatoms. The van der Waals surface area contributed by atoms with E-state index in [2.05, 4.69) is 0 Å². The zero-order valence-electron chi connectivity index (χ0n) is 9.11. The highest BCUT2D eigenvalue weighted by Crippen LogP contribution is 2.28. The lowest BCUT2D eigenvalue weighted by Gasteiger charge is -2.08. The number of carbonyl (C=O) groups excluding carboxylic acids is 1. The molecule has 0 heterocycles. The summed E-state index contributed by atoms with van der Waals surface area (Å²) in [6.45, 7) is 0. The molecule has 1 fully saturated rings. The van der Waals surface area contributed by atoms with E-state index in [1.54, 1.807) is 4.83 Å². The first-order valence-electron chi connectivity index (χ1n) is 5.17. The van der Waals surface area contributed by atoms with Gasteiger partial charge in [0.2, 0.25) is 5.91 Å². The first-order chi connectivity index (χ1) is 8.40. The van der Waals surface area contributed by atoms with Crippen molar-refractivity contribution in [1.82, 2.24) is 10.3 Å². The first-order valence-corrected chi connectivity index (χ1v) is 6.65. The van der Waals surface area contributed by atoms with Crippen LogP contribution in [0.3, 0.4) is 0 Å². The summed E-state index contributed by atoms with van der Waals surface area (Å²) in [5, 5.41) is 0. The summed E-state index contributed by atoms with van der Waals surface area (Å²) >= 11 is 0. The van der Waals surface area contributed by atoms with E-state index in [0.29, 0.717) is 25.0 Å². The number of nitrogens with one attached hydrogen (secondary N) is 2. The second kappa shape index (κ2) is 4.62. The molecule has 1 aliphatic carbocycles. The number of hydrazine groups is 1. The van der Waals surface area contributed by atoms with Crippen molar-refractivity contribution in [2.45, 2.75) is 17.7 Å². The highest BCUT2D eigenvalue weighted by atomic mass is 32.2. The summed E-state index contributed by atoms with van der Waals surface area (Å²) in [5.74, 6) is -2.66. The Morgan fingerprint density at radius 3 is 2.56 bits per heavy atom. The van der Waals surface area contributed by atoms with Crippen LogP contribution in [0.15, 0.2) is 23.1 Å². The van der Waals surface area contributed by atoms with E-state index in [4.69, 9.17) is 0 Å². The highest BCUT2D eigenvalue weighted by molar-refractivity contribution is 7.89. The van der Waals surface area contributed by atoms with E-state index in [9.17, 15) is 22.0 Å². The zero-order chi connectivity index (χ0) is 13.3. The van der Waals surface area contributed by atoms with Crippen molar-refractivity contribution >= 4 is 15.9 Å². The number of benzene rings is 1. The lowest BCUT2D eigenvalue weighted by atomic mass is 10.3. The van der Waals surface area contributed by atoms with Crippen LogP contribution in [0.5, 0.6) is 0 Å². The lowest BCUT2D eigenvalue weighted by Crippen LogP contribution is -2.42. The molecule has 0 aliphatic heterocycles. The third-order valence-corrected chi connectivity index (χ3v) is 3.70. The number of amides is 1. The van der Waals surface area contributed by atoms with Crippen LogP contribution in [0, 0.1) is 17.6 Å². The monoisotopic (exact) mass is 276 g/mol. The Kier molecular flexibility index (Phi) is 3.31. The predicted molar refractivity (Wildman–Crippen MR) is 57.5 cm³/mol. The third-order valence-electron chi connectivity index (χ3n) is 2.44. The average Bonchev–Trinajstić information content (AvgIpc) is 3.13. The first kappa shape index (κ1) is 12.9. The van der Waals surface area contributed by atoms with Crippen molar-refractivity contribution in [1.29, 1.82) is 0 Å². The Labute approximate surface area is 102 Å². The summed E-state index contributed by atoms with van der Waals surface area (Å²) in [5.41, 5.74) is 1.96. The molecule has 1 amide bonds. The molecule has 2 rings (SSSR count). The smallest absolute Gasteiger partial charge is 0.260 e. The van der Waals surface area contributed by atoms with E-state index < -0.39 is 32.5 Å². The van der Waals surface area contributed by atoms with E-state index >= 15 is 0 Å². The van der Waals surface area contributed by atoms with E-state index in [-0.39, 0.29) is 5.92 Å². The summed E-state index contributed by atoms with van der Waals surface area (Å²) in [7, 11) is -4.31. The SMILES string of the molecule is O=C(NNS(=O)(=O)c1cc(F)ccc1F)C1CC1. The molecule has 18 heavy (non-hydrogen) atoms. The maximum Gasteiger partial charge on any atom is 0.260 e. The van der Waals surface area contributed by atoms with Crippen LogP contribution in [0.4, 0.5) is 8.78 Å². The molecule has 5 nitrogen and oxygen atoms in total. The number of sulfonamides is 1. The van der Waals surface area contributed by atoms with Gasteiger partial charge in [-0.2, -0.15) is 0 Å². The van der Waals surface area contributed by atoms with Crippen LogP contribution in [0.1, 0.15) is 12.8 Å². The zero-order valence-corrected chi connectivity index (χ0v) is 9.93. The molecule has 0 radical (unpaired) electrons. The van der Waals surface area contributed by atoms with Crippen LogP contribution >= 0.6 is 0 Å². The Balaban J connectivity index is 2.14. The van der Waals surface area contributed by atoms with Crippen molar-refractivity contribution in [2.75, 3.05) is 0 Å². The van der Waals surface area contributed by atoms with Gasteiger partial charge in [-0.05, 0) is 31.0 Å². The van der Waals surface area contributed by atoms with Crippen LogP contribution in [0.2, 0.25) is 0 Å². The van der Waals surface area contributed by atoms with Gasteiger partial charge in [0.15, 0.2) is 0 Å². The normalized spacial score (nSPS) is 15.4. The molecular weight excluding hydrogens is 266 g/mol. The second-order valence-electron chi connectivity index (χ2n) is 3.94. The summed E-state index contributed by atoms with van der Waals surface area (Å²) in [6, 6.07) is 2.05. The Hall–Kier alpha value is -1.54. The predicted octanol–water partition coefficient (Wildman–Crippen LogP) is 0.684. The molecule has 0 bridgehead atoms. The number of hydrogen-bond acceptors (Lipinski definition) is 3. The molecule has 98 valence electrons. The fraction of sp³-hybridized carbons (Fsp3) is 0.300. The van der Waals surface area contributed by atoms with Gasteiger partial charge in [0.05, 0.1) is 0 Å². The van der Waals surface area contributed by atoms with Gasteiger partial charge in [0, 0.05) is 5.92 Å². The fourth-order valence-corrected chi connectivity index (χ4v) is 2.24. The summed E-state index contributed by atoms with van der Waals surface area (Å²) in [6.07, 6.45) is 1.39. The van der Waals surface area contributed by atoms with Gasteiger partial charge in [0.25, 0.3) is 10.0 Å². The molecule has 1 aliphatic rings. The average molecular weight is 276 g/mol. The van der Waals surface area contributed by atoms with E-state index in [0.717, 1.165) is 6.07 Å². The topological polar surface area (TPSA) is 75.3 Å². The maximum absolute atomic E-state index is 13.3. The molecule has 0 spiro atoms. The fourth-order valence-electron chi connectivity index (χ4n) is 1.30. The molecule has 1 aromatic rings. The van der Waals surface area contributed by atoms with Crippen molar-refractivity contribution in [3.05, 3.63) is 29.8 Å². The Bertz CT molecular complexity index is 585. The summed E-state index contributed by atoms with van der Waals surface area (Å²) < 4.78 is 49.4. The Morgan fingerprint density at radius 1 is 1.28 bits per heavy atom. The van der Waals surface area contributed by atoms with Gasteiger partial charge in [-0.1, -0.05) is 0 Å².